The standard InChI is InChI=1S/C18H25N5O2/c1-21(2)18(24)14-25-13-16-10-22(9-15-3-6-19-7-4-15)12-17-5-8-20-23(17)11-16/h3-8,16H,9-14H2,1-2H3/t16-/m0/s1. The Morgan fingerprint density at radius 2 is 2.04 bits per heavy atom. The minimum atomic E-state index is -0.0120. The molecular formula is C18H25N5O2. The van der Waals surface area contributed by atoms with E-state index in [0.717, 1.165) is 26.2 Å². The van der Waals surface area contributed by atoms with Crippen LogP contribution in [-0.2, 0) is 29.2 Å². The fourth-order valence-electron chi connectivity index (χ4n) is 3.03. The molecule has 7 heteroatoms. The number of amides is 1. The Kier molecular flexibility index (Phi) is 5.78. The Bertz CT molecular complexity index is 686. The number of pyridine rings is 1. The quantitative estimate of drug-likeness (QED) is 0.783. The van der Waals surface area contributed by atoms with Crippen LogP contribution >= 0.6 is 0 Å². The summed E-state index contributed by atoms with van der Waals surface area (Å²) in [4.78, 5) is 19.7. The first-order valence-electron chi connectivity index (χ1n) is 8.51. The number of nitrogens with zero attached hydrogens (tertiary/aromatic N) is 5. The van der Waals surface area contributed by atoms with E-state index in [1.54, 1.807) is 19.0 Å². The van der Waals surface area contributed by atoms with E-state index in [1.165, 1.54) is 11.3 Å². The number of fused-ring (bicyclic) bond motifs is 1. The molecule has 0 saturated carbocycles. The molecule has 0 radical (unpaired) electrons. The number of hydrogen-bond donors (Lipinski definition) is 0. The van der Waals surface area contributed by atoms with Crippen molar-refractivity contribution >= 4 is 5.91 Å². The largest absolute Gasteiger partial charge is 0.371 e. The van der Waals surface area contributed by atoms with Crippen LogP contribution in [0.15, 0.2) is 36.8 Å². The summed E-state index contributed by atoms with van der Waals surface area (Å²) >= 11 is 0. The Morgan fingerprint density at radius 1 is 1.24 bits per heavy atom. The molecule has 0 N–H and O–H groups in total. The molecule has 25 heavy (non-hydrogen) atoms. The minimum Gasteiger partial charge on any atom is -0.371 e. The second-order valence-electron chi connectivity index (χ2n) is 6.70. The zero-order chi connectivity index (χ0) is 17.6. The van der Waals surface area contributed by atoms with Crippen molar-refractivity contribution in [2.45, 2.75) is 19.6 Å². The Hall–Kier alpha value is -2.25. The summed E-state index contributed by atoms with van der Waals surface area (Å²) in [5.41, 5.74) is 2.45. The first kappa shape index (κ1) is 17.6. The van der Waals surface area contributed by atoms with Crippen LogP contribution < -0.4 is 0 Å². The molecule has 0 aromatic carbocycles. The lowest BCUT2D eigenvalue weighted by atomic mass is 10.1. The molecule has 0 unspecified atom stereocenters. The summed E-state index contributed by atoms with van der Waals surface area (Å²) < 4.78 is 7.72. The number of carbonyl (C=O) groups excluding carboxylic acids is 1. The predicted octanol–water partition coefficient (Wildman–Crippen LogP) is 1.01. The van der Waals surface area contributed by atoms with Gasteiger partial charge in [0.05, 0.1) is 12.3 Å². The van der Waals surface area contributed by atoms with Crippen LogP contribution in [0.4, 0.5) is 0 Å². The van der Waals surface area contributed by atoms with Crippen LogP contribution in [0.3, 0.4) is 0 Å². The van der Waals surface area contributed by atoms with Crippen molar-refractivity contribution in [3.63, 3.8) is 0 Å². The Morgan fingerprint density at radius 3 is 2.80 bits per heavy atom. The zero-order valence-electron chi connectivity index (χ0n) is 14.8. The Balaban J connectivity index is 1.63. The van der Waals surface area contributed by atoms with E-state index in [1.807, 2.05) is 35.4 Å². The van der Waals surface area contributed by atoms with Gasteiger partial charge in [0.1, 0.15) is 6.61 Å². The van der Waals surface area contributed by atoms with Gasteiger partial charge in [-0.25, -0.2) is 0 Å². The summed E-state index contributed by atoms with van der Waals surface area (Å²) in [6, 6.07) is 6.16. The molecule has 1 amide bonds. The molecule has 0 saturated heterocycles. The van der Waals surface area contributed by atoms with Gasteiger partial charge in [0.25, 0.3) is 0 Å². The van der Waals surface area contributed by atoms with E-state index in [2.05, 4.69) is 21.0 Å². The SMILES string of the molecule is CN(C)C(=O)COC[C@H]1CN(Cc2ccncc2)Cc2ccnn2C1. The molecule has 0 spiro atoms. The van der Waals surface area contributed by atoms with Crippen LogP contribution in [0, 0.1) is 5.92 Å². The van der Waals surface area contributed by atoms with Gasteiger partial charge >= 0.3 is 0 Å². The first-order chi connectivity index (χ1) is 12.1. The summed E-state index contributed by atoms with van der Waals surface area (Å²) in [5.74, 6) is 0.278. The second kappa shape index (κ2) is 8.22. The third-order valence-corrected chi connectivity index (χ3v) is 4.37. The lowest BCUT2D eigenvalue weighted by molar-refractivity contribution is -0.134. The molecule has 134 valence electrons. The highest BCUT2D eigenvalue weighted by molar-refractivity contribution is 5.76. The molecule has 1 aliphatic rings. The molecule has 0 bridgehead atoms. The lowest BCUT2D eigenvalue weighted by Gasteiger charge is -2.24. The van der Waals surface area contributed by atoms with Gasteiger partial charge in [0.15, 0.2) is 0 Å². The van der Waals surface area contributed by atoms with Crippen LogP contribution in [0.2, 0.25) is 0 Å². The average molecular weight is 343 g/mol. The van der Waals surface area contributed by atoms with Crippen molar-refractivity contribution in [2.24, 2.45) is 5.92 Å². The molecule has 3 heterocycles. The maximum absolute atomic E-state index is 11.7. The fraction of sp³-hybridized carbons (Fsp3) is 0.500. The summed E-state index contributed by atoms with van der Waals surface area (Å²) in [5, 5.41) is 4.43. The minimum absolute atomic E-state index is 0.0120. The van der Waals surface area contributed by atoms with Crippen molar-refractivity contribution in [3.8, 4) is 0 Å². The van der Waals surface area contributed by atoms with Gasteiger partial charge in [0.2, 0.25) is 5.91 Å². The average Bonchev–Trinajstić information content (AvgIpc) is 2.95. The van der Waals surface area contributed by atoms with Crippen molar-refractivity contribution in [2.75, 3.05) is 33.9 Å². The van der Waals surface area contributed by atoms with Crippen molar-refractivity contribution in [3.05, 3.63) is 48.0 Å². The van der Waals surface area contributed by atoms with Crippen molar-refractivity contribution in [1.29, 1.82) is 0 Å². The third-order valence-electron chi connectivity index (χ3n) is 4.37. The number of rotatable bonds is 6. The van der Waals surface area contributed by atoms with Crippen LogP contribution in [0.25, 0.3) is 0 Å². The van der Waals surface area contributed by atoms with Gasteiger partial charge in [-0.05, 0) is 23.8 Å². The second-order valence-corrected chi connectivity index (χ2v) is 6.70. The maximum atomic E-state index is 11.7. The molecule has 1 aliphatic heterocycles. The van der Waals surface area contributed by atoms with Crippen molar-refractivity contribution in [1.82, 2.24) is 24.6 Å². The molecule has 7 nitrogen and oxygen atoms in total. The maximum Gasteiger partial charge on any atom is 0.248 e. The Labute approximate surface area is 148 Å². The molecule has 2 aromatic rings. The fourth-order valence-corrected chi connectivity index (χ4v) is 3.03. The van der Waals surface area contributed by atoms with Crippen LogP contribution in [0.5, 0.6) is 0 Å². The molecule has 0 aliphatic carbocycles. The van der Waals surface area contributed by atoms with E-state index in [-0.39, 0.29) is 18.4 Å². The van der Waals surface area contributed by atoms with Gasteiger partial charge in [-0.3, -0.25) is 19.4 Å². The zero-order valence-corrected chi connectivity index (χ0v) is 14.8. The molecule has 2 aromatic heterocycles. The third kappa shape index (κ3) is 4.87. The van der Waals surface area contributed by atoms with Gasteiger partial charge in [-0.1, -0.05) is 0 Å². The smallest absolute Gasteiger partial charge is 0.248 e. The highest BCUT2D eigenvalue weighted by Crippen LogP contribution is 2.18. The molecule has 0 fully saturated rings. The molecule has 1 atom stereocenters. The van der Waals surface area contributed by atoms with E-state index in [0.29, 0.717) is 6.61 Å². The highest BCUT2D eigenvalue weighted by atomic mass is 16.5. The van der Waals surface area contributed by atoms with Gasteiger partial charge < -0.3 is 9.64 Å². The van der Waals surface area contributed by atoms with E-state index >= 15 is 0 Å². The first-order valence-corrected chi connectivity index (χ1v) is 8.51. The van der Waals surface area contributed by atoms with Gasteiger partial charge in [-0.2, -0.15) is 5.10 Å². The van der Waals surface area contributed by atoms with Crippen LogP contribution in [0.1, 0.15) is 11.3 Å². The van der Waals surface area contributed by atoms with Gasteiger partial charge in [-0.15, -0.1) is 0 Å². The number of likely N-dealkylation sites (N-methyl/N-ethyl adjacent to an activating group) is 1. The topological polar surface area (TPSA) is 63.5 Å². The number of ether oxygens (including phenoxy) is 1. The lowest BCUT2D eigenvalue weighted by Crippen LogP contribution is -2.32. The van der Waals surface area contributed by atoms with Crippen molar-refractivity contribution < 1.29 is 9.53 Å². The molecular weight excluding hydrogens is 318 g/mol. The summed E-state index contributed by atoms with van der Waals surface area (Å²) in [6.07, 6.45) is 5.49. The number of hydrogen-bond acceptors (Lipinski definition) is 5. The van der Waals surface area contributed by atoms with E-state index < -0.39 is 0 Å². The van der Waals surface area contributed by atoms with E-state index in [9.17, 15) is 4.79 Å². The normalized spacial score (nSPS) is 17.8. The monoisotopic (exact) mass is 343 g/mol. The van der Waals surface area contributed by atoms with Gasteiger partial charge in [0, 0.05) is 64.8 Å². The predicted molar refractivity (Wildman–Crippen MR) is 93.6 cm³/mol. The summed E-state index contributed by atoms with van der Waals surface area (Å²) in [7, 11) is 3.48. The highest BCUT2D eigenvalue weighted by Gasteiger charge is 2.23. The summed E-state index contributed by atoms with van der Waals surface area (Å²) in [6.45, 7) is 4.11. The number of carbonyl (C=O) groups is 1. The number of aromatic nitrogens is 3. The molecule has 3 rings (SSSR count). The van der Waals surface area contributed by atoms with Crippen LogP contribution in [-0.4, -0.2) is 64.3 Å². The van der Waals surface area contributed by atoms with E-state index in [4.69, 9.17) is 4.74 Å².